The third kappa shape index (κ3) is 2.35. The van der Waals surface area contributed by atoms with Crippen molar-refractivity contribution in [1.82, 2.24) is 14.5 Å². The van der Waals surface area contributed by atoms with E-state index in [1.807, 2.05) is 16.7 Å². The number of aliphatic hydroxyl groups excluding tert-OH is 1. The Morgan fingerprint density at radius 1 is 1.32 bits per heavy atom. The predicted molar refractivity (Wildman–Crippen MR) is 99.9 cm³/mol. The van der Waals surface area contributed by atoms with Crippen LogP contribution in [0, 0.1) is 17.1 Å². The van der Waals surface area contributed by atoms with Gasteiger partial charge in [0.05, 0.1) is 29.2 Å². The van der Waals surface area contributed by atoms with Crippen LogP contribution in [0.15, 0.2) is 36.5 Å². The van der Waals surface area contributed by atoms with Gasteiger partial charge in [0, 0.05) is 24.3 Å². The summed E-state index contributed by atoms with van der Waals surface area (Å²) in [4.78, 5) is 19.7. The summed E-state index contributed by atoms with van der Waals surface area (Å²) in [5, 5.41) is 18.9. The molecule has 1 amide bonds. The van der Waals surface area contributed by atoms with Crippen LogP contribution in [0.3, 0.4) is 0 Å². The number of aliphatic hydroxyl groups is 1. The van der Waals surface area contributed by atoms with Gasteiger partial charge < -0.3 is 14.6 Å². The molecule has 28 heavy (non-hydrogen) atoms. The molecule has 0 radical (unpaired) electrons. The van der Waals surface area contributed by atoms with Crippen LogP contribution in [0.25, 0.3) is 22.2 Å². The second-order valence-electron chi connectivity index (χ2n) is 7.29. The van der Waals surface area contributed by atoms with Crippen molar-refractivity contribution < 1.29 is 14.3 Å². The molecule has 2 aliphatic rings. The number of aromatic nitrogens is 2. The lowest BCUT2D eigenvalue weighted by atomic mass is 10.0. The minimum atomic E-state index is -0.625. The monoisotopic (exact) mass is 376 g/mol. The Balaban J connectivity index is 1.78. The number of carbonyl (C=O) groups is 1. The highest BCUT2D eigenvalue weighted by atomic mass is 19.1. The summed E-state index contributed by atoms with van der Waals surface area (Å²) in [5.74, 6) is -0.787. The zero-order valence-electron chi connectivity index (χ0n) is 15.0. The molecule has 0 bridgehead atoms. The number of halogens is 1. The summed E-state index contributed by atoms with van der Waals surface area (Å²) in [6, 6.07) is 9.72. The Kier molecular flexibility index (Phi) is 3.71. The van der Waals surface area contributed by atoms with Crippen LogP contribution in [0.1, 0.15) is 28.9 Å². The number of nitrogens with zero attached hydrogens (tertiary/aromatic N) is 4. The standard InChI is InChI=1S/C21H17FN4O2/c22-16-8-12(3-4-13(16)9-23)18-19-17(2-1-7-24-19)25-10-15(11-27)26(14-5-6-14)21(28)20(18)25/h1-4,7-8,14-15,27H,5-6,10-11H2/t15-/m0/s1. The largest absolute Gasteiger partial charge is 0.394 e. The van der Waals surface area contributed by atoms with Gasteiger partial charge in [0.2, 0.25) is 0 Å². The van der Waals surface area contributed by atoms with Crippen molar-refractivity contribution in [3.8, 4) is 17.2 Å². The minimum Gasteiger partial charge on any atom is -0.394 e. The first-order chi connectivity index (χ1) is 13.6. The molecular weight excluding hydrogens is 359 g/mol. The maximum absolute atomic E-state index is 14.3. The number of fused-ring (bicyclic) bond motifs is 3. The van der Waals surface area contributed by atoms with E-state index in [0.717, 1.165) is 18.4 Å². The summed E-state index contributed by atoms with van der Waals surface area (Å²) in [6.45, 7) is 0.359. The van der Waals surface area contributed by atoms with Gasteiger partial charge in [-0.3, -0.25) is 9.78 Å². The third-order valence-corrected chi connectivity index (χ3v) is 5.57. The number of hydrogen-bond acceptors (Lipinski definition) is 4. The van der Waals surface area contributed by atoms with Crippen molar-refractivity contribution in [2.75, 3.05) is 6.61 Å². The van der Waals surface area contributed by atoms with Crippen molar-refractivity contribution >= 4 is 16.9 Å². The lowest BCUT2D eigenvalue weighted by molar-refractivity contribution is 0.0466. The van der Waals surface area contributed by atoms with Gasteiger partial charge in [0.1, 0.15) is 17.6 Å². The van der Waals surface area contributed by atoms with Crippen LogP contribution in [-0.2, 0) is 6.54 Å². The van der Waals surface area contributed by atoms with E-state index in [4.69, 9.17) is 5.26 Å². The topological polar surface area (TPSA) is 82.2 Å². The van der Waals surface area contributed by atoms with Gasteiger partial charge in [-0.2, -0.15) is 5.26 Å². The lowest BCUT2D eigenvalue weighted by Crippen LogP contribution is -2.50. The number of pyridine rings is 1. The van der Waals surface area contributed by atoms with Gasteiger partial charge >= 0.3 is 0 Å². The van der Waals surface area contributed by atoms with Crippen LogP contribution in [-0.4, -0.2) is 44.2 Å². The van der Waals surface area contributed by atoms with Gasteiger partial charge in [-0.25, -0.2) is 4.39 Å². The van der Waals surface area contributed by atoms with Gasteiger partial charge in [-0.05, 0) is 42.7 Å². The summed E-state index contributed by atoms with van der Waals surface area (Å²) < 4.78 is 16.2. The summed E-state index contributed by atoms with van der Waals surface area (Å²) >= 11 is 0. The molecule has 0 saturated heterocycles. The normalized spacial score (nSPS) is 19.0. The molecule has 0 unspecified atom stereocenters. The van der Waals surface area contributed by atoms with E-state index in [2.05, 4.69) is 4.98 Å². The second kappa shape index (κ2) is 6.14. The summed E-state index contributed by atoms with van der Waals surface area (Å²) in [7, 11) is 0. The van der Waals surface area contributed by atoms with Gasteiger partial charge in [-0.1, -0.05) is 6.07 Å². The predicted octanol–water partition coefficient (Wildman–Crippen LogP) is 2.69. The molecular formula is C21H17FN4O2. The fourth-order valence-corrected chi connectivity index (χ4v) is 4.17. The van der Waals surface area contributed by atoms with Crippen LogP contribution in [0.2, 0.25) is 0 Å². The van der Waals surface area contributed by atoms with Gasteiger partial charge in [-0.15, -0.1) is 0 Å². The number of hydrogen-bond donors (Lipinski definition) is 1. The van der Waals surface area contributed by atoms with Crippen molar-refractivity contribution in [2.24, 2.45) is 0 Å². The maximum Gasteiger partial charge on any atom is 0.271 e. The highest BCUT2D eigenvalue weighted by Crippen LogP contribution is 2.40. The Hall–Kier alpha value is -3.24. The van der Waals surface area contributed by atoms with Crippen LogP contribution in [0.4, 0.5) is 4.39 Å². The molecule has 1 aliphatic heterocycles. The number of amides is 1. The molecule has 3 heterocycles. The van der Waals surface area contributed by atoms with E-state index in [1.54, 1.807) is 23.2 Å². The van der Waals surface area contributed by atoms with Crippen LogP contribution >= 0.6 is 0 Å². The van der Waals surface area contributed by atoms with Crippen molar-refractivity contribution in [3.05, 3.63) is 53.6 Å². The molecule has 1 fully saturated rings. The second-order valence-corrected chi connectivity index (χ2v) is 7.29. The molecule has 1 atom stereocenters. The smallest absolute Gasteiger partial charge is 0.271 e. The molecule has 1 aliphatic carbocycles. The molecule has 3 aromatic rings. The van der Waals surface area contributed by atoms with E-state index in [-0.39, 0.29) is 30.2 Å². The third-order valence-electron chi connectivity index (χ3n) is 5.57. The lowest BCUT2D eigenvalue weighted by Gasteiger charge is -2.36. The van der Waals surface area contributed by atoms with Crippen LogP contribution in [0.5, 0.6) is 0 Å². The van der Waals surface area contributed by atoms with Crippen molar-refractivity contribution in [1.29, 1.82) is 5.26 Å². The molecule has 140 valence electrons. The Labute approximate surface area is 160 Å². The molecule has 2 aromatic heterocycles. The Bertz CT molecular complexity index is 1160. The number of rotatable bonds is 3. The fraction of sp³-hybridized carbons (Fsp3) is 0.286. The van der Waals surface area contributed by atoms with Gasteiger partial charge in [0.15, 0.2) is 0 Å². The molecule has 7 heteroatoms. The number of benzene rings is 1. The van der Waals surface area contributed by atoms with Crippen molar-refractivity contribution in [2.45, 2.75) is 31.5 Å². The Morgan fingerprint density at radius 3 is 2.82 bits per heavy atom. The average molecular weight is 376 g/mol. The van der Waals surface area contributed by atoms with E-state index in [1.165, 1.54) is 12.1 Å². The van der Waals surface area contributed by atoms with Crippen molar-refractivity contribution in [3.63, 3.8) is 0 Å². The first-order valence-corrected chi connectivity index (χ1v) is 9.24. The fourth-order valence-electron chi connectivity index (χ4n) is 4.17. The highest BCUT2D eigenvalue weighted by molar-refractivity contribution is 6.09. The maximum atomic E-state index is 14.3. The molecule has 6 nitrogen and oxygen atoms in total. The summed E-state index contributed by atoms with van der Waals surface area (Å²) in [5.41, 5.74) is 2.91. The quantitative estimate of drug-likeness (QED) is 0.762. The minimum absolute atomic E-state index is 0.0413. The van der Waals surface area contributed by atoms with E-state index < -0.39 is 5.82 Å². The number of carbonyl (C=O) groups excluding carboxylic acids is 1. The first kappa shape index (κ1) is 16.9. The molecule has 1 saturated carbocycles. The average Bonchev–Trinajstić information content (AvgIpc) is 3.49. The molecule has 1 aromatic carbocycles. The Morgan fingerprint density at radius 2 is 2.14 bits per heavy atom. The highest BCUT2D eigenvalue weighted by Gasteiger charge is 2.43. The first-order valence-electron chi connectivity index (χ1n) is 9.24. The van der Waals surface area contributed by atoms with E-state index >= 15 is 0 Å². The number of nitriles is 1. The SMILES string of the molecule is N#Cc1ccc(-c2c3n(c4cccnc24)C[C@@H](CO)N(C2CC2)C3=O)cc1F. The van der Waals surface area contributed by atoms with Crippen LogP contribution < -0.4 is 0 Å². The van der Waals surface area contributed by atoms with E-state index in [9.17, 15) is 14.3 Å². The summed E-state index contributed by atoms with van der Waals surface area (Å²) in [6.07, 6.45) is 3.51. The van der Waals surface area contributed by atoms with Gasteiger partial charge in [0.25, 0.3) is 5.91 Å². The molecule has 0 spiro atoms. The molecule has 5 rings (SSSR count). The zero-order valence-corrected chi connectivity index (χ0v) is 15.0. The van der Waals surface area contributed by atoms with E-state index in [0.29, 0.717) is 28.9 Å². The molecule has 1 N–H and O–H groups in total. The zero-order chi connectivity index (χ0) is 19.4.